The second-order valence-corrected chi connectivity index (χ2v) is 1.30. The molecule has 54 valence electrons. The minimum Gasteiger partial charge on any atom is -1.00 e. The summed E-state index contributed by atoms with van der Waals surface area (Å²) in [5.74, 6) is -0.953. The summed E-state index contributed by atoms with van der Waals surface area (Å²) >= 11 is 0. The largest absolute Gasteiger partial charge is 1.00 e. The predicted octanol–water partition coefficient (Wildman–Crippen LogP) is -2.75. The van der Waals surface area contributed by atoms with Gasteiger partial charge in [-0.05, 0) is 6.92 Å². The zero-order valence-electron chi connectivity index (χ0n) is 7.20. The fourth-order valence-corrected chi connectivity index (χ4v) is 0.243. The zero-order valence-corrected chi connectivity index (χ0v) is 8.20. The summed E-state index contributed by atoms with van der Waals surface area (Å²) in [7, 11) is 0. The number of carboxylic acids is 1. The van der Waals surface area contributed by atoms with Crippen LogP contribution in [0.25, 0.3) is 0 Å². The van der Waals surface area contributed by atoms with Crippen LogP contribution in [0.2, 0.25) is 0 Å². The van der Waals surface area contributed by atoms with E-state index in [2.05, 4.69) is 9.73 Å². The minimum atomic E-state index is -0.953. The Morgan fingerprint density at radius 2 is 2.50 bits per heavy atom. The number of ether oxygens (including phenoxy) is 1. The van der Waals surface area contributed by atoms with Crippen molar-refractivity contribution in [3.05, 3.63) is 0 Å². The Morgan fingerprint density at radius 3 is 2.90 bits per heavy atom. The van der Waals surface area contributed by atoms with Crippen LogP contribution in [-0.2, 0) is 9.53 Å². The van der Waals surface area contributed by atoms with Crippen LogP contribution in [0.3, 0.4) is 0 Å². The number of aliphatic carboxylic acids is 1. The summed E-state index contributed by atoms with van der Waals surface area (Å²) in [6.45, 7) is 2.09. The van der Waals surface area contributed by atoms with Crippen molar-refractivity contribution in [3.63, 3.8) is 0 Å². The van der Waals surface area contributed by atoms with E-state index in [9.17, 15) is 4.79 Å². The fraction of sp³-hybridized carbons (Fsp3) is 0.600. The molecule has 0 aromatic carbocycles. The maximum absolute atomic E-state index is 9.79. The van der Waals surface area contributed by atoms with Crippen LogP contribution < -0.4 is 29.6 Å². The van der Waals surface area contributed by atoms with Crippen LogP contribution in [0, 0.1) is 0 Å². The Hall–Kier alpha value is -0.0600. The molecule has 0 saturated heterocycles. The third-order valence-electron chi connectivity index (χ3n) is 0.542. The second kappa shape index (κ2) is 8.94. The SMILES string of the molecule is CCOC=NCC(=O)O.[H-].[Na+]. The van der Waals surface area contributed by atoms with Crippen molar-refractivity contribution in [2.75, 3.05) is 13.2 Å². The van der Waals surface area contributed by atoms with Gasteiger partial charge in [-0.15, -0.1) is 0 Å². The van der Waals surface area contributed by atoms with E-state index in [1.807, 2.05) is 0 Å². The van der Waals surface area contributed by atoms with Crippen LogP contribution in [0.4, 0.5) is 0 Å². The average molecular weight is 155 g/mol. The standard InChI is InChI=1S/C5H9NO3.Na.H/c1-2-9-4-6-3-5(7)8;;/h4H,2-3H2,1H3,(H,7,8);;/q;+1;-1. The number of carboxylic acid groups (broad SMARTS) is 1. The van der Waals surface area contributed by atoms with E-state index in [1.54, 1.807) is 6.92 Å². The van der Waals surface area contributed by atoms with Gasteiger partial charge in [-0.25, -0.2) is 4.99 Å². The van der Waals surface area contributed by atoms with Gasteiger partial charge in [-0.3, -0.25) is 4.79 Å². The predicted molar refractivity (Wildman–Crippen MR) is 33.7 cm³/mol. The molecular formula is C5H10NNaO3. The van der Waals surface area contributed by atoms with E-state index in [1.165, 1.54) is 0 Å². The number of aliphatic imine (C=N–C) groups is 1. The maximum Gasteiger partial charge on any atom is 1.00 e. The maximum atomic E-state index is 9.79. The Labute approximate surface area is 83.1 Å². The van der Waals surface area contributed by atoms with Gasteiger partial charge in [0.15, 0.2) is 6.40 Å². The molecule has 0 aliphatic carbocycles. The zero-order chi connectivity index (χ0) is 7.11. The Balaban J connectivity index is -0.000000320. The molecule has 1 N–H and O–H groups in total. The van der Waals surface area contributed by atoms with Crippen LogP contribution in [0.1, 0.15) is 8.35 Å². The van der Waals surface area contributed by atoms with E-state index in [0.29, 0.717) is 6.61 Å². The van der Waals surface area contributed by atoms with Gasteiger partial charge in [0.05, 0.1) is 6.61 Å². The first-order chi connectivity index (χ1) is 4.27. The van der Waals surface area contributed by atoms with Gasteiger partial charge in [-0.2, -0.15) is 0 Å². The van der Waals surface area contributed by atoms with Gasteiger partial charge in [0, 0.05) is 0 Å². The quantitative estimate of drug-likeness (QED) is 0.272. The summed E-state index contributed by atoms with van der Waals surface area (Å²) in [5.41, 5.74) is 0. The van der Waals surface area contributed by atoms with Crippen molar-refractivity contribution >= 4 is 12.4 Å². The molecule has 0 bridgehead atoms. The van der Waals surface area contributed by atoms with E-state index in [0.717, 1.165) is 6.40 Å². The van der Waals surface area contributed by atoms with Crippen LogP contribution in [0.15, 0.2) is 4.99 Å². The van der Waals surface area contributed by atoms with Gasteiger partial charge < -0.3 is 11.3 Å². The molecule has 0 saturated carbocycles. The number of carbonyl (C=O) groups is 1. The van der Waals surface area contributed by atoms with E-state index in [4.69, 9.17) is 5.11 Å². The summed E-state index contributed by atoms with van der Waals surface area (Å²) in [6, 6.07) is 0. The van der Waals surface area contributed by atoms with Crippen molar-refractivity contribution in [2.45, 2.75) is 6.92 Å². The second-order valence-electron chi connectivity index (χ2n) is 1.30. The molecule has 4 nitrogen and oxygen atoms in total. The molecule has 0 aliphatic heterocycles. The van der Waals surface area contributed by atoms with Crippen molar-refractivity contribution in [1.29, 1.82) is 0 Å². The third kappa shape index (κ3) is 10.8. The van der Waals surface area contributed by atoms with Gasteiger partial charge >= 0.3 is 35.5 Å². The normalized spacial score (nSPS) is 8.90. The first-order valence-electron chi connectivity index (χ1n) is 2.59. The summed E-state index contributed by atoms with van der Waals surface area (Å²) in [6.07, 6.45) is 1.15. The van der Waals surface area contributed by atoms with Gasteiger partial charge in [0.25, 0.3) is 0 Å². The molecule has 0 atom stereocenters. The molecular weight excluding hydrogens is 145 g/mol. The summed E-state index contributed by atoms with van der Waals surface area (Å²) in [4.78, 5) is 13.2. The van der Waals surface area contributed by atoms with Gasteiger partial charge in [-0.1, -0.05) is 0 Å². The van der Waals surface area contributed by atoms with E-state index < -0.39 is 5.97 Å². The monoisotopic (exact) mass is 155 g/mol. The van der Waals surface area contributed by atoms with Crippen molar-refractivity contribution in [3.8, 4) is 0 Å². The third-order valence-corrected chi connectivity index (χ3v) is 0.542. The molecule has 0 radical (unpaired) electrons. The molecule has 0 aromatic heterocycles. The Kier molecular flexibility index (Phi) is 11.3. The molecule has 5 heteroatoms. The number of hydrogen-bond donors (Lipinski definition) is 1. The van der Waals surface area contributed by atoms with Crippen LogP contribution >= 0.6 is 0 Å². The van der Waals surface area contributed by atoms with Gasteiger partial charge in [0.1, 0.15) is 6.54 Å². The van der Waals surface area contributed by atoms with Crippen molar-refractivity contribution < 1.29 is 45.6 Å². The minimum absolute atomic E-state index is 0. The molecule has 0 heterocycles. The van der Waals surface area contributed by atoms with Gasteiger partial charge in [0.2, 0.25) is 0 Å². The smallest absolute Gasteiger partial charge is 1.00 e. The average Bonchev–Trinajstić information content (AvgIpc) is 1.80. The molecule has 0 aliphatic rings. The molecule has 0 rings (SSSR count). The molecule has 10 heavy (non-hydrogen) atoms. The van der Waals surface area contributed by atoms with Crippen LogP contribution in [-0.4, -0.2) is 30.6 Å². The molecule has 0 amide bonds. The fourth-order valence-electron chi connectivity index (χ4n) is 0.243. The molecule has 0 aromatic rings. The molecule has 0 fully saturated rings. The number of rotatable bonds is 4. The summed E-state index contributed by atoms with van der Waals surface area (Å²) in [5, 5.41) is 8.04. The van der Waals surface area contributed by atoms with E-state index in [-0.39, 0.29) is 37.5 Å². The van der Waals surface area contributed by atoms with Crippen molar-refractivity contribution in [1.82, 2.24) is 0 Å². The first-order valence-corrected chi connectivity index (χ1v) is 2.59. The Morgan fingerprint density at radius 1 is 1.90 bits per heavy atom. The Bertz CT molecular complexity index is 120. The topological polar surface area (TPSA) is 58.9 Å². The van der Waals surface area contributed by atoms with Crippen LogP contribution in [0.5, 0.6) is 0 Å². The first kappa shape index (κ1) is 12.6. The summed E-state index contributed by atoms with van der Waals surface area (Å²) < 4.78 is 4.63. The van der Waals surface area contributed by atoms with Crippen molar-refractivity contribution in [2.24, 2.45) is 4.99 Å². The van der Waals surface area contributed by atoms with E-state index >= 15 is 0 Å². The molecule has 0 spiro atoms. The number of nitrogens with zero attached hydrogens (tertiary/aromatic N) is 1. The molecule has 0 unspecified atom stereocenters. The number of hydrogen-bond acceptors (Lipinski definition) is 3.